The van der Waals surface area contributed by atoms with E-state index in [-0.39, 0.29) is 29.7 Å². The summed E-state index contributed by atoms with van der Waals surface area (Å²) < 4.78 is 5.67. The smallest absolute Gasteiger partial charge is 0.323 e. The first-order chi connectivity index (χ1) is 11.3. The van der Waals surface area contributed by atoms with Gasteiger partial charge in [0, 0.05) is 10.6 Å². The molecule has 128 valence electrons. The molecule has 0 spiro atoms. The molecule has 8 heteroatoms. The van der Waals surface area contributed by atoms with Crippen LogP contribution in [0.3, 0.4) is 0 Å². The fourth-order valence-electron chi connectivity index (χ4n) is 2.04. The van der Waals surface area contributed by atoms with Crippen molar-refractivity contribution in [3.05, 3.63) is 52.5 Å². The largest absolute Gasteiger partial charge is 0.491 e. The number of amides is 3. The molecule has 0 aromatic heterocycles. The zero-order valence-corrected chi connectivity index (χ0v) is 14.2. The third-order valence-corrected chi connectivity index (χ3v) is 3.82. The van der Waals surface area contributed by atoms with Crippen molar-refractivity contribution in [1.29, 1.82) is 0 Å². The number of benzene rings is 1. The van der Waals surface area contributed by atoms with Gasteiger partial charge in [0.05, 0.1) is 17.4 Å². The third kappa shape index (κ3) is 3.99. The van der Waals surface area contributed by atoms with Crippen molar-refractivity contribution in [2.24, 2.45) is 5.73 Å². The van der Waals surface area contributed by atoms with Gasteiger partial charge in [0.1, 0.15) is 18.1 Å². The lowest BCUT2D eigenvalue weighted by Gasteiger charge is -2.22. The molecule has 1 aliphatic rings. The minimum Gasteiger partial charge on any atom is -0.491 e. The van der Waals surface area contributed by atoms with Crippen molar-refractivity contribution in [3.63, 3.8) is 0 Å². The number of hydrogen-bond acceptors (Lipinski definition) is 4. The lowest BCUT2D eigenvalue weighted by molar-refractivity contribution is -0.118. The van der Waals surface area contributed by atoms with Crippen LogP contribution in [0.4, 0.5) is 4.79 Å². The summed E-state index contributed by atoms with van der Waals surface area (Å²) in [6, 6.07) is 4.48. The number of rotatable bonds is 5. The Labute approximate surface area is 144 Å². The minimum atomic E-state index is -0.558. The number of carbonyl (C=O) groups excluding carboxylic acids is 2. The summed E-state index contributed by atoms with van der Waals surface area (Å²) in [6.45, 7) is 7.43. The van der Waals surface area contributed by atoms with E-state index in [1.54, 1.807) is 25.1 Å². The summed E-state index contributed by atoms with van der Waals surface area (Å²) in [7, 11) is 0. The Bertz CT molecular complexity index is 730. The summed E-state index contributed by atoms with van der Waals surface area (Å²) in [5, 5.41) is 8.06. The van der Waals surface area contributed by atoms with Gasteiger partial charge in [-0.1, -0.05) is 24.2 Å². The molecule has 24 heavy (non-hydrogen) atoms. The molecule has 1 atom stereocenters. The quantitative estimate of drug-likeness (QED) is 0.646. The summed E-state index contributed by atoms with van der Waals surface area (Å²) in [4.78, 5) is 23.6. The molecule has 1 heterocycles. The van der Waals surface area contributed by atoms with Gasteiger partial charge in [0.2, 0.25) is 0 Å². The second-order valence-electron chi connectivity index (χ2n) is 5.39. The molecule has 0 saturated carbocycles. The SMILES string of the molecule is C=C1NC(=O)NC(C(=O)N[C@H](C)COc2cccc(Cl)c2C)=C1N. The molecule has 0 aliphatic carbocycles. The molecule has 5 N–H and O–H groups in total. The van der Waals surface area contributed by atoms with Gasteiger partial charge in [-0.2, -0.15) is 0 Å². The Kier molecular flexibility index (Phi) is 5.35. The third-order valence-electron chi connectivity index (χ3n) is 3.41. The highest BCUT2D eigenvalue weighted by Crippen LogP contribution is 2.25. The zero-order chi connectivity index (χ0) is 17.9. The van der Waals surface area contributed by atoms with E-state index < -0.39 is 11.9 Å². The van der Waals surface area contributed by atoms with Crippen LogP contribution in [0.15, 0.2) is 41.9 Å². The molecule has 0 fully saturated rings. The maximum atomic E-state index is 12.2. The van der Waals surface area contributed by atoms with Crippen LogP contribution in [0.1, 0.15) is 12.5 Å². The number of hydrogen-bond donors (Lipinski definition) is 4. The minimum absolute atomic E-state index is 0.0328. The Morgan fingerprint density at radius 1 is 1.46 bits per heavy atom. The van der Waals surface area contributed by atoms with Crippen LogP contribution >= 0.6 is 11.6 Å². The first kappa shape index (κ1) is 17.7. The van der Waals surface area contributed by atoms with Crippen molar-refractivity contribution >= 4 is 23.5 Å². The fraction of sp³-hybridized carbons (Fsp3) is 0.250. The molecule has 1 aliphatic heterocycles. The number of halogens is 1. The van der Waals surface area contributed by atoms with E-state index >= 15 is 0 Å². The summed E-state index contributed by atoms with van der Waals surface area (Å²) in [6.07, 6.45) is 0. The Morgan fingerprint density at radius 2 is 2.17 bits per heavy atom. The predicted molar refractivity (Wildman–Crippen MR) is 91.3 cm³/mol. The molecule has 0 unspecified atom stereocenters. The zero-order valence-electron chi connectivity index (χ0n) is 13.4. The first-order valence-corrected chi connectivity index (χ1v) is 7.63. The highest BCUT2D eigenvalue weighted by Gasteiger charge is 2.24. The molecule has 0 saturated heterocycles. The van der Waals surface area contributed by atoms with Crippen molar-refractivity contribution < 1.29 is 14.3 Å². The highest BCUT2D eigenvalue weighted by atomic mass is 35.5. The molecule has 2 rings (SSSR count). The van der Waals surface area contributed by atoms with Crippen molar-refractivity contribution in [1.82, 2.24) is 16.0 Å². The molecular weight excluding hydrogens is 332 g/mol. The van der Waals surface area contributed by atoms with Gasteiger partial charge in [-0.3, -0.25) is 4.79 Å². The first-order valence-electron chi connectivity index (χ1n) is 7.25. The lowest BCUT2D eigenvalue weighted by Crippen LogP contribution is -2.49. The van der Waals surface area contributed by atoms with Crippen LogP contribution in [0.25, 0.3) is 0 Å². The molecule has 1 aromatic carbocycles. The van der Waals surface area contributed by atoms with E-state index in [2.05, 4.69) is 22.5 Å². The number of ether oxygens (including phenoxy) is 1. The molecule has 0 bridgehead atoms. The highest BCUT2D eigenvalue weighted by molar-refractivity contribution is 6.31. The Morgan fingerprint density at radius 3 is 2.88 bits per heavy atom. The van der Waals surface area contributed by atoms with Crippen LogP contribution in [-0.4, -0.2) is 24.6 Å². The normalized spacial score (nSPS) is 15.5. The van der Waals surface area contributed by atoms with Crippen molar-refractivity contribution in [2.75, 3.05) is 6.61 Å². The summed E-state index contributed by atoms with van der Waals surface area (Å²) >= 11 is 6.03. The van der Waals surface area contributed by atoms with E-state index in [9.17, 15) is 9.59 Å². The maximum Gasteiger partial charge on any atom is 0.323 e. The average molecular weight is 351 g/mol. The van der Waals surface area contributed by atoms with Crippen LogP contribution in [0.5, 0.6) is 5.75 Å². The van der Waals surface area contributed by atoms with Crippen LogP contribution in [0, 0.1) is 6.92 Å². The van der Waals surface area contributed by atoms with Gasteiger partial charge in [-0.05, 0) is 26.0 Å². The fourth-order valence-corrected chi connectivity index (χ4v) is 2.21. The second kappa shape index (κ2) is 7.27. The van der Waals surface area contributed by atoms with Crippen molar-refractivity contribution in [3.8, 4) is 5.75 Å². The Balaban J connectivity index is 1.97. The lowest BCUT2D eigenvalue weighted by atomic mass is 10.2. The molecule has 3 amide bonds. The molecule has 0 radical (unpaired) electrons. The van der Waals surface area contributed by atoms with Gasteiger partial charge in [0.25, 0.3) is 5.91 Å². The van der Waals surface area contributed by atoms with Gasteiger partial charge >= 0.3 is 6.03 Å². The van der Waals surface area contributed by atoms with Gasteiger partial charge < -0.3 is 26.4 Å². The monoisotopic (exact) mass is 350 g/mol. The van der Waals surface area contributed by atoms with E-state index in [4.69, 9.17) is 22.1 Å². The van der Waals surface area contributed by atoms with Gasteiger partial charge in [-0.15, -0.1) is 0 Å². The van der Waals surface area contributed by atoms with Crippen molar-refractivity contribution in [2.45, 2.75) is 19.9 Å². The molecule has 7 nitrogen and oxygen atoms in total. The van der Waals surface area contributed by atoms with Crippen LogP contribution < -0.4 is 26.4 Å². The van der Waals surface area contributed by atoms with E-state index in [0.717, 1.165) is 5.56 Å². The summed E-state index contributed by atoms with van der Waals surface area (Å²) in [5.41, 5.74) is 6.82. The molecule has 1 aromatic rings. The van der Waals surface area contributed by atoms with Gasteiger partial charge in [-0.25, -0.2) is 4.79 Å². The summed E-state index contributed by atoms with van der Waals surface area (Å²) in [5.74, 6) is 0.133. The van der Waals surface area contributed by atoms with E-state index in [0.29, 0.717) is 10.8 Å². The standard InChI is InChI=1S/C16H19ClN4O3/c1-8(7-24-12-6-4-5-11(17)9(12)2)19-15(22)14-13(18)10(3)20-16(23)21-14/h4-6,8H,3,7,18H2,1-2H3,(H,19,22)(H2,20,21,23)/t8-/m1/s1. The number of nitrogens with two attached hydrogens (primary N) is 1. The second-order valence-corrected chi connectivity index (χ2v) is 5.80. The predicted octanol–water partition coefficient (Wildman–Crippen LogP) is 1.53. The van der Waals surface area contributed by atoms with E-state index in [1.165, 1.54) is 0 Å². The average Bonchev–Trinajstić information content (AvgIpc) is 2.52. The van der Waals surface area contributed by atoms with Crippen LogP contribution in [-0.2, 0) is 4.79 Å². The van der Waals surface area contributed by atoms with Crippen LogP contribution in [0.2, 0.25) is 5.02 Å². The maximum absolute atomic E-state index is 12.2. The van der Waals surface area contributed by atoms with Gasteiger partial charge in [0.15, 0.2) is 0 Å². The molecular formula is C16H19ClN4O3. The Hall–Kier alpha value is -2.67. The van der Waals surface area contributed by atoms with E-state index in [1.807, 2.05) is 6.92 Å². The number of nitrogens with one attached hydrogen (secondary N) is 3. The number of carbonyl (C=O) groups is 2. The topological polar surface area (TPSA) is 105 Å². The number of urea groups is 1.